The van der Waals surface area contributed by atoms with Crippen LogP contribution in [-0.4, -0.2) is 0 Å². The Kier molecular flexibility index (Phi) is 1.66. The average molecular weight is 139 g/mol. The molecule has 1 heterocycles. The van der Waals surface area contributed by atoms with Gasteiger partial charge in [-0.2, -0.15) is 5.26 Å². The molecule has 0 radical (unpaired) electrons. The number of nitriles is 1. The van der Waals surface area contributed by atoms with E-state index in [2.05, 4.69) is 5.32 Å². The minimum absolute atomic E-state index is 0.599. The fourth-order valence-corrected chi connectivity index (χ4v) is 1.07. The first-order valence-corrected chi connectivity index (χ1v) is 3.20. The number of rotatable bonds is 0. The molecule has 4 heteroatoms. The fourth-order valence-electron chi connectivity index (χ4n) is 0.457. The third kappa shape index (κ3) is 1.40. The van der Waals surface area contributed by atoms with Crippen LogP contribution in [0.25, 0.3) is 0 Å². The summed E-state index contributed by atoms with van der Waals surface area (Å²) in [6, 6.07) is 1.90. The summed E-state index contributed by atoms with van der Waals surface area (Å²) in [5.41, 5.74) is 5.33. The summed E-state index contributed by atoms with van der Waals surface area (Å²) in [7, 11) is 0. The summed E-state index contributed by atoms with van der Waals surface area (Å²) >= 11 is 1.42. The highest BCUT2D eigenvalue weighted by atomic mass is 32.2. The van der Waals surface area contributed by atoms with Crippen molar-refractivity contribution >= 4 is 11.8 Å². The quantitative estimate of drug-likeness (QED) is 0.478. The van der Waals surface area contributed by atoms with Crippen LogP contribution in [0.5, 0.6) is 0 Å². The molecule has 0 fully saturated rings. The molecule has 1 rings (SSSR count). The molecule has 0 saturated heterocycles. The number of nitrogens with zero attached hydrogens (tertiary/aromatic N) is 1. The Morgan fingerprint density at radius 2 is 2.67 bits per heavy atom. The second-order valence-electron chi connectivity index (χ2n) is 1.45. The summed E-state index contributed by atoms with van der Waals surface area (Å²) < 4.78 is 0. The lowest BCUT2D eigenvalue weighted by molar-refractivity contribution is 1.03. The van der Waals surface area contributed by atoms with Crippen LogP contribution in [-0.2, 0) is 0 Å². The van der Waals surface area contributed by atoms with Crippen molar-refractivity contribution in [2.45, 2.75) is 0 Å². The third-order valence-corrected chi connectivity index (χ3v) is 1.62. The number of hydrogen-bond donors (Lipinski definition) is 2. The molecule has 0 spiro atoms. The molecule has 0 aliphatic carbocycles. The molecule has 3 N–H and O–H groups in total. The van der Waals surface area contributed by atoms with Crippen LogP contribution in [0.2, 0.25) is 0 Å². The van der Waals surface area contributed by atoms with Gasteiger partial charge in [-0.1, -0.05) is 11.8 Å². The van der Waals surface area contributed by atoms with Gasteiger partial charge < -0.3 is 11.1 Å². The van der Waals surface area contributed by atoms with Crippen LogP contribution in [0, 0.1) is 11.3 Å². The molecule has 0 atom stereocenters. The lowest BCUT2D eigenvalue weighted by atomic mass is 10.6. The minimum atomic E-state index is 0.599. The Morgan fingerprint density at radius 3 is 3.11 bits per heavy atom. The van der Waals surface area contributed by atoms with Crippen molar-refractivity contribution in [3.8, 4) is 6.07 Å². The highest BCUT2D eigenvalue weighted by Gasteiger charge is 2.03. The largest absolute Gasteiger partial charge is 0.385 e. The number of thioether (sulfide) groups is 1. The second-order valence-corrected chi connectivity index (χ2v) is 2.36. The van der Waals surface area contributed by atoms with Gasteiger partial charge in [-0.05, 0) is 0 Å². The third-order valence-electron chi connectivity index (χ3n) is 0.776. The molecule has 3 nitrogen and oxygen atoms in total. The van der Waals surface area contributed by atoms with Gasteiger partial charge in [0, 0.05) is 11.5 Å². The molecule has 0 saturated carbocycles. The molecule has 1 aliphatic rings. The standard InChI is InChI=1S/C5H5N3S/c6-2-1-5-8-4(7)3-9-5/h1,3,8H,7H2. The maximum absolute atomic E-state index is 8.17. The van der Waals surface area contributed by atoms with Gasteiger partial charge in [-0.15, -0.1) is 0 Å². The van der Waals surface area contributed by atoms with E-state index in [1.165, 1.54) is 17.8 Å². The molecule has 0 unspecified atom stereocenters. The Balaban J connectivity index is 2.58. The first kappa shape index (κ1) is 6.05. The molecule has 46 valence electrons. The van der Waals surface area contributed by atoms with Crippen molar-refractivity contribution in [1.82, 2.24) is 5.32 Å². The van der Waals surface area contributed by atoms with E-state index < -0.39 is 0 Å². The zero-order valence-electron chi connectivity index (χ0n) is 4.59. The molecule has 9 heavy (non-hydrogen) atoms. The fraction of sp³-hybridized carbons (Fsp3) is 0. The lowest BCUT2D eigenvalue weighted by Gasteiger charge is -1.93. The van der Waals surface area contributed by atoms with Gasteiger partial charge in [0.15, 0.2) is 0 Å². The number of allylic oxidation sites excluding steroid dienone is 1. The van der Waals surface area contributed by atoms with Gasteiger partial charge in [0.25, 0.3) is 0 Å². The Morgan fingerprint density at radius 1 is 1.89 bits per heavy atom. The van der Waals surface area contributed by atoms with Crippen molar-refractivity contribution in [1.29, 1.82) is 5.26 Å². The molecule has 0 aromatic heterocycles. The predicted octanol–water partition coefficient (Wildman–Crippen LogP) is 0.445. The summed E-state index contributed by atoms with van der Waals surface area (Å²) in [6.07, 6.45) is 1.42. The van der Waals surface area contributed by atoms with Crippen molar-refractivity contribution in [3.05, 3.63) is 22.3 Å². The van der Waals surface area contributed by atoms with Crippen LogP contribution in [0.1, 0.15) is 0 Å². The number of nitrogens with one attached hydrogen (secondary N) is 1. The van der Waals surface area contributed by atoms with Gasteiger partial charge in [0.05, 0.1) is 11.1 Å². The summed E-state index contributed by atoms with van der Waals surface area (Å²) in [5, 5.41) is 13.5. The molecular formula is C5H5N3S. The van der Waals surface area contributed by atoms with Crippen LogP contribution < -0.4 is 11.1 Å². The van der Waals surface area contributed by atoms with Gasteiger partial charge in [-0.25, -0.2) is 0 Å². The van der Waals surface area contributed by atoms with Gasteiger partial charge in [-0.3, -0.25) is 0 Å². The molecule has 0 aromatic rings. The molecule has 0 bridgehead atoms. The molecule has 0 amide bonds. The van der Waals surface area contributed by atoms with E-state index in [0.717, 1.165) is 5.03 Å². The molecule has 1 aliphatic heterocycles. The summed E-state index contributed by atoms with van der Waals surface area (Å²) in [4.78, 5) is 0. The van der Waals surface area contributed by atoms with Gasteiger partial charge >= 0.3 is 0 Å². The van der Waals surface area contributed by atoms with Crippen molar-refractivity contribution in [3.63, 3.8) is 0 Å². The molecular weight excluding hydrogens is 134 g/mol. The van der Waals surface area contributed by atoms with Crippen molar-refractivity contribution < 1.29 is 0 Å². The van der Waals surface area contributed by atoms with E-state index in [0.29, 0.717) is 5.82 Å². The van der Waals surface area contributed by atoms with Crippen LogP contribution >= 0.6 is 11.8 Å². The van der Waals surface area contributed by atoms with Gasteiger partial charge in [0.2, 0.25) is 0 Å². The van der Waals surface area contributed by atoms with Gasteiger partial charge in [0.1, 0.15) is 5.82 Å². The Hall–Kier alpha value is -1.08. The van der Waals surface area contributed by atoms with E-state index in [1.54, 1.807) is 5.41 Å². The van der Waals surface area contributed by atoms with E-state index in [4.69, 9.17) is 11.0 Å². The van der Waals surface area contributed by atoms with Crippen LogP contribution in [0.4, 0.5) is 0 Å². The van der Waals surface area contributed by atoms with Crippen LogP contribution in [0.15, 0.2) is 22.3 Å². The summed E-state index contributed by atoms with van der Waals surface area (Å²) in [5.74, 6) is 0.599. The topological polar surface area (TPSA) is 61.8 Å². The number of nitrogens with two attached hydrogens (primary N) is 1. The maximum Gasteiger partial charge on any atom is 0.108 e. The smallest absolute Gasteiger partial charge is 0.108 e. The van der Waals surface area contributed by atoms with E-state index in [-0.39, 0.29) is 0 Å². The maximum atomic E-state index is 8.17. The average Bonchev–Trinajstić information content (AvgIpc) is 2.17. The monoisotopic (exact) mass is 139 g/mol. The lowest BCUT2D eigenvalue weighted by Crippen LogP contribution is -2.12. The SMILES string of the molecule is N#CC=C1NC(N)=CS1. The minimum Gasteiger partial charge on any atom is -0.385 e. The number of hydrogen-bond acceptors (Lipinski definition) is 4. The summed E-state index contributed by atoms with van der Waals surface area (Å²) in [6.45, 7) is 0. The highest BCUT2D eigenvalue weighted by molar-refractivity contribution is 8.06. The Labute approximate surface area is 57.2 Å². The van der Waals surface area contributed by atoms with E-state index in [1.807, 2.05) is 6.07 Å². The van der Waals surface area contributed by atoms with E-state index >= 15 is 0 Å². The predicted molar refractivity (Wildman–Crippen MR) is 36.7 cm³/mol. The van der Waals surface area contributed by atoms with E-state index in [9.17, 15) is 0 Å². The zero-order chi connectivity index (χ0) is 6.69. The van der Waals surface area contributed by atoms with Crippen molar-refractivity contribution in [2.75, 3.05) is 0 Å². The van der Waals surface area contributed by atoms with Crippen molar-refractivity contribution in [2.24, 2.45) is 5.73 Å². The molecule has 0 aromatic carbocycles. The first-order chi connectivity index (χ1) is 4.33. The first-order valence-electron chi connectivity index (χ1n) is 2.32. The Bertz CT molecular complexity index is 211. The zero-order valence-corrected chi connectivity index (χ0v) is 5.40. The van der Waals surface area contributed by atoms with Crippen LogP contribution in [0.3, 0.4) is 0 Å². The highest BCUT2D eigenvalue weighted by Crippen LogP contribution is 2.20. The second kappa shape index (κ2) is 2.46. The normalized spacial score (nSPS) is 20.8.